The Labute approximate surface area is 191 Å². The lowest BCUT2D eigenvalue weighted by Crippen LogP contribution is -2.42. The molecule has 6 nitrogen and oxygen atoms in total. The van der Waals surface area contributed by atoms with E-state index in [1.165, 1.54) is 0 Å². The fraction of sp³-hybridized carbons (Fsp3) is 0.423. The molecule has 1 atom stereocenters. The molecule has 0 aliphatic rings. The van der Waals surface area contributed by atoms with Crippen LogP contribution in [0.25, 0.3) is 0 Å². The van der Waals surface area contributed by atoms with Crippen molar-refractivity contribution in [3.63, 3.8) is 0 Å². The van der Waals surface area contributed by atoms with Crippen LogP contribution in [0.5, 0.6) is 0 Å². The van der Waals surface area contributed by atoms with E-state index in [0.717, 1.165) is 38.5 Å². The van der Waals surface area contributed by atoms with Gasteiger partial charge in [0.25, 0.3) is 0 Å². The molecular weight excluding hydrogens is 406 g/mol. The smallest absolute Gasteiger partial charge is 0.326 e. The summed E-state index contributed by atoms with van der Waals surface area (Å²) >= 11 is 0. The van der Waals surface area contributed by atoms with E-state index in [1.807, 2.05) is 18.2 Å². The summed E-state index contributed by atoms with van der Waals surface area (Å²) < 4.78 is 0. The van der Waals surface area contributed by atoms with Gasteiger partial charge in [0.05, 0.1) is 6.42 Å². The SMILES string of the molecule is CC/C=C\C/C=C\C/C=C\C/C=C\C/C=C\C/C=C\CCC(=O)N[C@@H](CC(=O)O)C(=O)O. The van der Waals surface area contributed by atoms with E-state index in [2.05, 4.69) is 66.9 Å². The van der Waals surface area contributed by atoms with Gasteiger partial charge in [-0.1, -0.05) is 79.8 Å². The molecule has 0 bridgehead atoms. The first-order valence-corrected chi connectivity index (χ1v) is 11.1. The maximum absolute atomic E-state index is 11.7. The third kappa shape index (κ3) is 20.1. The first-order chi connectivity index (χ1) is 15.5. The van der Waals surface area contributed by atoms with Crippen molar-refractivity contribution in [2.75, 3.05) is 0 Å². The van der Waals surface area contributed by atoms with E-state index in [-0.39, 0.29) is 6.42 Å². The van der Waals surface area contributed by atoms with Gasteiger partial charge in [-0.3, -0.25) is 9.59 Å². The molecule has 0 aromatic rings. The van der Waals surface area contributed by atoms with Crippen molar-refractivity contribution in [1.29, 1.82) is 0 Å². The van der Waals surface area contributed by atoms with Crippen LogP contribution in [0.2, 0.25) is 0 Å². The van der Waals surface area contributed by atoms with Crippen LogP contribution in [0.15, 0.2) is 72.9 Å². The van der Waals surface area contributed by atoms with Crippen molar-refractivity contribution < 1.29 is 24.6 Å². The van der Waals surface area contributed by atoms with Crippen LogP contribution >= 0.6 is 0 Å². The first kappa shape index (κ1) is 28.9. The van der Waals surface area contributed by atoms with Gasteiger partial charge >= 0.3 is 11.9 Å². The molecule has 0 aliphatic carbocycles. The number of hydrogen-bond acceptors (Lipinski definition) is 3. The number of carbonyl (C=O) groups excluding carboxylic acids is 1. The van der Waals surface area contributed by atoms with Gasteiger partial charge in [-0.15, -0.1) is 0 Å². The summed E-state index contributed by atoms with van der Waals surface area (Å²) in [6.07, 6.45) is 30.7. The minimum Gasteiger partial charge on any atom is -0.481 e. The fourth-order valence-electron chi connectivity index (χ4n) is 2.50. The second-order valence-corrected chi connectivity index (χ2v) is 7.01. The Morgan fingerprint density at radius 3 is 1.47 bits per heavy atom. The molecule has 0 aromatic heterocycles. The quantitative estimate of drug-likeness (QED) is 0.242. The van der Waals surface area contributed by atoms with Crippen molar-refractivity contribution in [1.82, 2.24) is 5.32 Å². The lowest BCUT2D eigenvalue weighted by molar-refractivity contribution is -0.147. The van der Waals surface area contributed by atoms with Crippen molar-refractivity contribution in [3.8, 4) is 0 Å². The van der Waals surface area contributed by atoms with Crippen LogP contribution in [0, 0.1) is 0 Å². The second-order valence-electron chi connectivity index (χ2n) is 7.01. The molecule has 0 saturated carbocycles. The molecule has 0 heterocycles. The zero-order chi connectivity index (χ0) is 23.9. The number of carboxylic acid groups (broad SMARTS) is 2. The van der Waals surface area contributed by atoms with Crippen LogP contribution in [-0.4, -0.2) is 34.1 Å². The molecule has 0 aliphatic heterocycles. The maximum Gasteiger partial charge on any atom is 0.326 e. The van der Waals surface area contributed by atoms with Crippen molar-refractivity contribution in [2.45, 2.75) is 70.8 Å². The molecule has 0 aromatic carbocycles. The largest absolute Gasteiger partial charge is 0.481 e. The number of rotatable bonds is 18. The normalized spacial score (nSPS) is 13.4. The summed E-state index contributed by atoms with van der Waals surface area (Å²) in [6.45, 7) is 2.13. The van der Waals surface area contributed by atoms with Gasteiger partial charge in [0.2, 0.25) is 5.91 Å². The summed E-state index contributed by atoms with van der Waals surface area (Å²) in [5, 5.41) is 19.8. The molecule has 0 rings (SSSR count). The van der Waals surface area contributed by atoms with Crippen molar-refractivity contribution in [3.05, 3.63) is 72.9 Å². The summed E-state index contributed by atoms with van der Waals surface area (Å²) in [5.74, 6) is -3.09. The number of carbonyl (C=O) groups is 3. The standard InChI is InChI=1S/C26H37NO5/c1-2-3-4-5-6-7-8-9-10-11-12-13-14-15-16-17-18-19-20-21-24(28)27-23(26(31)32)22-25(29)30/h3-4,6-7,9-10,12-13,15-16,18-19,23H,2,5,8,11,14,17,20-22H2,1H3,(H,27,28)(H,29,30)(H,31,32)/b4-3-,7-6-,10-9-,13-12-,16-15-,19-18-/t23-/m0/s1. The summed E-state index contributed by atoms with van der Waals surface area (Å²) in [4.78, 5) is 33.2. The highest BCUT2D eigenvalue weighted by atomic mass is 16.4. The lowest BCUT2D eigenvalue weighted by atomic mass is 10.2. The number of hydrogen-bond donors (Lipinski definition) is 3. The van der Waals surface area contributed by atoms with Crippen LogP contribution in [0.4, 0.5) is 0 Å². The monoisotopic (exact) mass is 443 g/mol. The highest BCUT2D eigenvalue weighted by Gasteiger charge is 2.22. The number of amides is 1. The van der Waals surface area contributed by atoms with E-state index in [4.69, 9.17) is 10.2 Å². The van der Waals surface area contributed by atoms with Gasteiger partial charge in [-0.05, 0) is 44.9 Å². The summed E-state index contributed by atoms with van der Waals surface area (Å²) in [7, 11) is 0. The molecule has 6 heteroatoms. The van der Waals surface area contributed by atoms with E-state index in [9.17, 15) is 14.4 Å². The lowest BCUT2D eigenvalue weighted by Gasteiger charge is -2.11. The highest BCUT2D eigenvalue weighted by molar-refractivity contribution is 5.86. The number of carboxylic acids is 2. The second kappa shape index (κ2) is 21.1. The van der Waals surface area contributed by atoms with Crippen molar-refractivity contribution >= 4 is 17.8 Å². The Morgan fingerprint density at radius 1 is 0.688 bits per heavy atom. The van der Waals surface area contributed by atoms with Crippen LogP contribution in [0.3, 0.4) is 0 Å². The fourth-order valence-corrected chi connectivity index (χ4v) is 2.50. The first-order valence-electron chi connectivity index (χ1n) is 11.1. The van der Waals surface area contributed by atoms with Gasteiger partial charge in [-0.25, -0.2) is 4.79 Å². The molecule has 0 fully saturated rings. The molecule has 0 spiro atoms. The molecule has 176 valence electrons. The van der Waals surface area contributed by atoms with Gasteiger partial charge in [0, 0.05) is 6.42 Å². The van der Waals surface area contributed by atoms with E-state index >= 15 is 0 Å². The third-order valence-electron chi connectivity index (χ3n) is 4.15. The zero-order valence-corrected chi connectivity index (χ0v) is 19.0. The number of aliphatic carboxylic acids is 2. The van der Waals surface area contributed by atoms with E-state index in [1.54, 1.807) is 0 Å². The Kier molecular flexibility index (Phi) is 19.0. The van der Waals surface area contributed by atoms with Crippen LogP contribution in [0.1, 0.15) is 64.7 Å². The molecule has 0 unspecified atom stereocenters. The molecule has 3 N–H and O–H groups in total. The predicted octanol–water partition coefficient (Wildman–Crippen LogP) is 5.51. The Morgan fingerprint density at radius 2 is 1.09 bits per heavy atom. The topological polar surface area (TPSA) is 104 Å². The number of allylic oxidation sites excluding steroid dienone is 12. The highest BCUT2D eigenvalue weighted by Crippen LogP contribution is 1.99. The van der Waals surface area contributed by atoms with Crippen LogP contribution < -0.4 is 5.32 Å². The molecule has 0 saturated heterocycles. The third-order valence-corrected chi connectivity index (χ3v) is 4.15. The summed E-state index contributed by atoms with van der Waals surface area (Å²) in [5.41, 5.74) is 0. The predicted molar refractivity (Wildman–Crippen MR) is 129 cm³/mol. The Hall–Kier alpha value is -3.15. The Balaban J connectivity index is 3.80. The average Bonchev–Trinajstić information content (AvgIpc) is 2.74. The van der Waals surface area contributed by atoms with Gasteiger partial charge in [0.15, 0.2) is 0 Å². The molecule has 0 radical (unpaired) electrons. The zero-order valence-electron chi connectivity index (χ0n) is 19.0. The van der Waals surface area contributed by atoms with Gasteiger partial charge in [-0.2, -0.15) is 0 Å². The molecule has 32 heavy (non-hydrogen) atoms. The average molecular weight is 444 g/mol. The van der Waals surface area contributed by atoms with Crippen LogP contribution in [-0.2, 0) is 14.4 Å². The van der Waals surface area contributed by atoms with E-state index in [0.29, 0.717) is 6.42 Å². The molecule has 1 amide bonds. The van der Waals surface area contributed by atoms with Gasteiger partial charge in [0.1, 0.15) is 6.04 Å². The van der Waals surface area contributed by atoms with E-state index < -0.39 is 30.3 Å². The van der Waals surface area contributed by atoms with Crippen molar-refractivity contribution in [2.24, 2.45) is 0 Å². The minimum absolute atomic E-state index is 0.117. The minimum atomic E-state index is -1.40. The van der Waals surface area contributed by atoms with Gasteiger partial charge < -0.3 is 15.5 Å². The molecular formula is C26H37NO5. The number of nitrogens with one attached hydrogen (secondary N) is 1. The Bertz CT molecular complexity index is 714. The maximum atomic E-state index is 11.7. The summed E-state index contributed by atoms with van der Waals surface area (Å²) in [6, 6.07) is -1.40.